The van der Waals surface area contributed by atoms with Gasteiger partial charge in [-0.1, -0.05) is 25.1 Å². The zero-order valence-corrected chi connectivity index (χ0v) is 13.5. The molecule has 1 amide bonds. The number of rotatable bonds is 4. The lowest BCUT2D eigenvalue weighted by Gasteiger charge is -2.26. The van der Waals surface area contributed by atoms with Crippen LogP contribution in [-0.4, -0.2) is 34.1 Å². The summed E-state index contributed by atoms with van der Waals surface area (Å²) in [6.07, 6.45) is 4.30. The molecule has 0 radical (unpaired) electrons. The van der Waals surface area contributed by atoms with Crippen molar-refractivity contribution in [2.75, 3.05) is 18.4 Å². The molecule has 0 unspecified atom stereocenters. The van der Waals surface area contributed by atoms with Crippen LogP contribution in [-0.2, 0) is 6.42 Å². The van der Waals surface area contributed by atoms with Gasteiger partial charge >= 0.3 is 0 Å². The van der Waals surface area contributed by atoms with E-state index in [1.54, 1.807) is 6.07 Å². The van der Waals surface area contributed by atoms with E-state index in [1.807, 2.05) is 29.2 Å². The molecule has 1 aromatic heterocycles. The number of anilines is 2. The van der Waals surface area contributed by atoms with Crippen LogP contribution < -0.4 is 5.32 Å². The van der Waals surface area contributed by atoms with E-state index in [1.165, 1.54) is 12.0 Å². The number of hydrogen-bond donors (Lipinski definition) is 1. The summed E-state index contributed by atoms with van der Waals surface area (Å²) in [5.41, 5.74) is 2.67. The van der Waals surface area contributed by atoms with Gasteiger partial charge in [-0.3, -0.25) is 4.79 Å². The Morgan fingerprint density at radius 1 is 1.09 bits per heavy atom. The van der Waals surface area contributed by atoms with Gasteiger partial charge in [-0.2, -0.15) is 0 Å². The number of amides is 1. The Morgan fingerprint density at radius 3 is 2.57 bits per heavy atom. The SMILES string of the molecule is CCc1ccccc1Nc1ccc(C(=O)N2CCCCC2)nn1. The highest BCUT2D eigenvalue weighted by molar-refractivity contribution is 5.92. The Bertz CT molecular complexity index is 663. The van der Waals surface area contributed by atoms with E-state index in [2.05, 4.69) is 28.5 Å². The number of hydrogen-bond acceptors (Lipinski definition) is 4. The number of carbonyl (C=O) groups is 1. The fourth-order valence-electron chi connectivity index (χ4n) is 2.86. The van der Waals surface area contributed by atoms with Crippen molar-refractivity contribution in [1.29, 1.82) is 0 Å². The van der Waals surface area contributed by atoms with Gasteiger partial charge in [0.1, 0.15) is 0 Å². The lowest BCUT2D eigenvalue weighted by Crippen LogP contribution is -2.36. The molecule has 1 saturated heterocycles. The van der Waals surface area contributed by atoms with Gasteiger partial charge in [0.25, 0.3) is 5.91 Å². The van der Waals surface area contributed by atoms with Crippen LogP contribution in [0.25, 0.3) is 0 Å². The number of carbonyl (C=O) groups excluding carboxylic acids is 1. The summed E-state index contributed by atoms with van der Waals surface area (Å²) >= 11 is 0. The predicted octanol–water partition coefficient (Wildman–Crippen LogP) is 3.41. The fourth-order valence-corrected chi connectivity index (χ4v) is 2.86. The highest BCUT2D eigenvalue weighted by Crippen LogP contribution is 2.20. The minimum absolute atomic E-state index is 0.0160. The highest BCUT2D eigenvalue weighted by Gasteiger charge is 2.19. The molecular formula is C18H22N4O. The first-order chi connectivity index (χ1) is 11.3. The first-order valence-corrected chi connectivity index (χ1v) is 8.26. The minimum atomic E-state index is -0.0160. The highest BCUT2D eigenvalue weighted by atomic mass is 16.2. The molecule has 3 rings (SSSR count). The topological polar surface area (TPSA) is 58.1 Å². The van der Waals surface area contributed by atoms with E-state index in [9.17, 15) is 4.79 Å². The smallest absolute Gasteiger partial charge is 0.274 e. The summed E-state index contributed by atoms with van der Waals surface area (Å²) < 4.78 is 0. The predicted molar refractivity (Wildman–Crippen MR) is 90.9 cm³/mol. The van der Waals surface area contributed by atoms with E-state index in [0.29, 0.717) is 11.5 Å². The van der Waals surface area contributed by atoms with Crippen LogP contribution in [0.2, 0.25) is 0 Å². The Morgan fingerprint density at radius 2 is 1.87 bits per heavy atom. The molecule has 0 spiro atoms. The van der Waals surface area contributed by atoms with Crippen molar-refractivity contribution in [3.63, 3.8) is 0 Å². The number of piperidine rings is 1. The van der Waals surface area contributed by atoms with Crippen LogP contribution in [0, 0.1) is 0 Å². The maximum atomic E-state index is 12.4. The number of nitrogens with zero attached hydrogens (tertiary/aromatic N) is 3. The molecule has 0 aliphatic carbocycles. The second-order valence-corrected chi connectivity index (χ2v) is 5.79. The lowest BCUT2D eigenvalue weighted by molar-refractivity contribution is 0.0717. The zero-order valence-electron chi connectivity index (χ0n) is 13.5. The quantitative estimate of drug-likeness (QED) is 0.940. The molecule has 5 nitrogen and oxygen atoms in total. The molecule has 1 aromatic carbocycles. The molecule has 1 aliphatic rings. The normalized spacial score (nSPS) is 14.6. The van der Waals surface area contributed by atoms with Gasteiger partial charge in [0, 0.05) is 18.8 Å². The third-order valence-corrected chi connectivity index (χ3v) is 4.19. The van der Waals surface area contributed by atoms with Crippen LogP contribution in [0.15, 0.2) is 36.4 Å². The monoisotopic (exact) mass is 310 g/mol. The van der Waals surface area contributed by atoms with Gasteiger partial charge in [0.05, 0.1) is 0 Å². The molecule has 0 atom stereocenters. The van der Waals surface area contributed by atoms with E-state index < -0.39 is 0 Å². The largest absolute Gasteiger partial charge is 0.339 e. The van der Waals surface area contributed by atoms with E-state index in [-0.39, 0.29) is 5.91 Å². The maximum Gasteiger partial charge on any atom is 0.274 e. The van der Waals surface area contributed by atoms with E-state index >= 15 is 0 Å². The lowest BCUT2D eigenvalue weighted by atomic mass is 10.1. The van der Waals surface area contributed by atoms with Crippen LogP contribution >= 0.6 is 0 Å². The van der Waals surface area contributed by atoms with Crippen LogP contribution in [0.3, 0.4) is 0 Å². The van der Waals surface area contributed by atoms with Crippen molar-refractivity contribution in [3.05, 3.63) is 47.7 Å². The molecule has 23 heavy (non-hydrogen) atoms. The molecule has 0 saturated carbocycles. The summed E-state index contributed by atoms with van der Waals surface area (Å²) in [6, 6.07) is 11.7. The third kappa shape index (κ3) is 3.67. The van der Waals surface area contributed by atoms with Crippen molar-refractivity contribution in [3.8, 4) is 0 Å². The van der Waals surface area contributed by atoms with Crippen LogP contribution in [0.4, 0.5) is 11.5 Å². The summed E-state index contributed by atoms with van der Waals surface area (Å²) in [6.45, 7) is 3.77. The van der Waals surface area contributed by atoms with Gasteiger partial charge < -0.3 is 10.2 Å². The first kappa shape index (κ1) is 15.5. The molecular weight excluding hydrogens is 288 g/mol. The first-order valence-electron chi connectivity index (χ1n) is 8.26. The number of para-hydroxylation sites is 1. The molecule has 5 heteroatoms. The van der Waals surface area contributed by atoms with Crippen molar-refractivity contribution >= 4 is 17.4 Å². The number of likely N-dealkylation sites (tertiary alicyclic amines) is 1. The number of benzene rings is 1. The molecule has 1 N–H and O–H groups in total. The second kappa shape index (κ2) is 7.22. The third-order valence-electron chi connectivity index (χ3n) is 4.19. The molecule has 2 heterocycles. The molecule has 2 aromatic rings. The van der Waals surface area contributed by atoms with Crippen molar-refractivity contribution < 1.29 is 4.79 Å². The molecule has 1 fully saturated rings. The summed E-state index contributed by atoms with van der Waals surface area (Å²) in [7, 11) is 0. The number of nitrogens with one attached hydrogen (secondary N) is 1. The van der Waals surface area contributed by atoms with E-state index in [4.69, 9.17) is 0 Å². The molecule has 0 bridgehead atoms. The summed E-state index contributed by atoms with van der Waals surface area (Å²) in [5.74, 6) is 0.638. The van der Waals surface area contributed by atoms with Crippen molar-refractivity contribution in [2.45, 2.75) is 32.6 Å². The van der Waals surface area contributed by atoms with E-state index in [0.717, 1.165) is 38.0 Å². The Labute approximate surface area is 136 Å². The zero-order chi connectivity index (χ0) is 16.1. The standard InChI is InChI=1S/C18H22N4O/c1-2-14-8-4-5-9-15(14)19-17-11-10-16(20-21-17)18(23)22-12-6-3-7-13-22/h4-5,8-11H,2-3,6-7,12-13H2,1H3,(H,19,21). The van der Waals surface area contributed by atoms with Crippen LogP contribution in [0.1, 0.15) is 42.2 Å². The van der Waals surface area contributed by atoms with Gasteiger partial charge in [0.15, 0.2) is 11.5 Å². The average molecular weight is 310 g/mol. The van der Waals surface area contributed by atoms with Gasteiger partial charge in [-0.15, -0.1) is 10.2 Å². The van der Waals surface area contributed by atoms with Crippen molar-refractivity contribution in [1.82, 2.24) is 15.1 Å². The Balaban J connectivity index is 1.70. The summed E-state index contributed by atoms with van der Waals surface area (Å²) in [5, 5.41) is 11.5. The number of aromatic nitrogens is 2. The maximum absolute atomic E-state index is 12.4. The molecule has 1 aliphatic heterocycles. The fraction of sp³-hybridized carbons (Fsp3) is 0.389. The van der Waals surface area contributed by atoms with Crippen molar-refractivity contribution in [2.24, 2.45) is 0 Å². The van der Waals surface area contributed by atoms with Crippen LogP contribution in [0.5, 0.6) is 0 Å². The van der Waals surface area contributed by atoms with Gasteiger partial charge in [0.2, 0.25) is 0 Å². The van der Waals surface area contributed by atoms with Gasteiger partial charge in [-0.05, 0) is 49.4 Å². The number of aryl methyl sites for hydroxylation is 1. The minimum Gasteiger partial charge on any atom is -0.339 e. The average Bonchev–Trinajstić information content (AvgIpc) is 2.63. The second-order valence-electron chi connectivity index (χ2n) is 5.79. The Kier molecular flexibility index (Phi) is 4.86. The molecule has 120 valence electrons. The Hall–Kier alpha value is -2.43. The summed E-state index contributed by atoms with van der Waals surface area (Å²) in [4.78, 5) is 14.2. The van der Waals surface area contributed by atoms with Gasteiger partial charge in [-0.25, -0.2) is 0 Å².